The Labute approximate surface area is 201 Å². The molecular formula is C22H12Cl2F3NO3S2. The van der Waals surface area contributed by atoms with Crippen LogP contribution in [0.3, 0.4) is 0 Å². The van der Waals surface area contributed by atoms with Gasteiger partial charge in [0.15, 0.2) is 9.84 Å². The first-order valence-electron chi connectivity index (χ1n) is 9.20. The van der Waals surface area contributed by atoms with E-state index < -0.39 is 44.5 Å². The molecule has 0 bridgehead atoms. The summed E-state index contributed by atoms with van der Waals surface area (Å²) in [7, 11) is -3.88. The SMILES string of the molecule is O=C1Nc2ccc(S(=O)(=O)Cc3c(Cl)cccc3Cl)cc2S/C1=C\c1c(F)cc(F)cc1F. The van der Waals surface area contributed by atoms with Crippen LogP contribution in [0, 0.1) is 17.5 Å². The summed E-state index contributed by atoms with van der Waals surface area (Å²) in [4.78, 5) is 12.6. The highest BCUT2D eigenvalue weighted by molar-refractivity contribution is 8.04. The number of hydrogen-bond acceptors (Lipinski definition) is 4. The zero-order valence-electron chi connectivity index (χ0n) is 16.3. The summed E-state index contributed by atoms with van der Waals surface area (Å²) in [5.41, 5.74) is -0.00563. The van der Waals surface area contributed by atoms with Crippen LogP contribution >= 0.6 is 35.0 Å². The number of nitrogens with one attached hydrogen (secondary N) is 1. The van der Waals surface area contributed by atoms with E-state index in [1.54, 1.807) is 6.07 Å². The highest BCUT2D eigenvalue weighted by Gasteiger charge is 2.26. The fourth-order valence-electron chi connectivity index (χ4n) is 3.09. The average Bonchev–Trinajstić information content (AvgIpc) is 2.73. The number of thioether (sulfide) groups is 1. The first-order chi connectivity index (χ1) is 15.5. The summed E-state index contributed by atoms with van der Waals surface area (Å²) >= 11 is 13.0. The number of benzene rings is 3. The molecule has 1 aliphatic rings. The largest absolute Gasteiger partial charge is 0.320 e. The van der Waals surface area contributed by atoms with Gasteiger partial charge in [-0.1, -0.05) is 41.0 Å². The van der Waals surface area contributed by atoms with Crippen LogP contribution < -0.4 is 5.32 Å². The average molecular weight is 530 g/mol. The summed E-state index contributed by atoms with van der Waals surface area (Å²) in [6.45, 7) is 0. The molecule has 0 radical (unpaired) electrons. The van der Waals surface area contributed by atoms with Gasteiger partial charge < -0.3 is 5.32 Å². The van der Waals surface area contributed by atoms with Crippen LogP contribution in [0.1, 0.15) is 11.1 Å². The highest BCUT2D eigenvalue weighted by Crippen LogP contribution is 2.41. The Morgan fingerprint density at radius 1 is 0.970 bits per heavy atom. The smallest absolute Gasteiger partial charge is 0.262 e. The molecule has 1 aliphatic heterocycles. The number of hydrogen-bond donors (Lipinski definition) is 1. The number of carbonyl (C=O) groups is 1. The molecular weight excluding hydrogens is 518 g/mol. The van der Waals surface area contributed by atoms with Crippen molar-refractivity contribution in [1.29, 1.82) is 0 Å². The Bertz CT molecular complexity index is 1400. The van der Waals surface area contributed by atoms with Gasteiger partial charge >= 0.3 is 0 Å². The van der Waals surface area contributed by atoms with Crippen molar-refractivity contribution in [3.8, 4) is 0 Å². The molecule has 0 spiro atoms. The minimum Gasteiger partial charge on any atom is -0.320 e. The summed E-state index contributed by atoms with van der Waals surface area (Å²) in [5.74, 6) is -4.53. The molecule has 0 atom stereocenters. The van der Waals surface area contributed by atoms with Gasteiger partial charge in [-0.3, -0.25) is 4.79 Å². The fraction of sp³-hybridized carbons (Fsp3) is 0.0455. The van der Waals surface area contributed by atoms with Crippen LogP contribution in [0.2, 0.25) is 10.0 Å². The second-order valence-corrected chi connectivity index (χ2v) is 10.9. The van der Waals surface area contributed by atoms with Gasteiger partial charge in [-0.15, -0.1) is 0 Å². The summed E-state index contributed by atoms with van der Waals surface area (Å²) in [6.07, 6.45) is 0.942. The monoisotopic (exact) mass is 529 g/mol. The molecule has 0 saturated carbocycles. The molecule has 3 aromatic rings. The molecule has 0 aromatic heterocycles. The standard InChI is InChI=1S/C22H12Cl2F3NO3S2/c23-15-2-1-3-16(24)14(15)10-33(30,31)12-4-5-19-20(8-12)32-21(22(29)28-19)9-13-17(26)6-11(25)7-18(13)27/h1-9H,10H2,(H,28,29)/b21-9-. The van der Waals surface area contributed by atoms with Gasteiger partial charge in [0.25, 0.3) is 5.91 Å². The molecule has 0 fully saturated rings. The van der Waals surface area contributed by atoms with Crippen LogP contribution in [-0.4, -0.2) is 14.3 Å². The van der Waals surface area contributed by atoms with Crippen molar-refractivity contribution in [3.05, 3.63) is 92.1 Å². The zero-order valence-corrected chi connectivity index (χ0v) is 19.5. The van der Waals surface area contributed by atoms with Crippen molar-refractivity contribution in [1.82, 2.24) is 0 Å². The quantitative estimate of drug-likeness (QED) is 0.393. The van der Waals surface area contributed by atoms with Crippen molar-refractivity contribution in [2.45, 2.75) is 15.5 Å². The summed E-state index contributed by atoms with van der Waals surface area (Å²) in [6, 6.07) is 9.73. The highest BCUT2D eigenvalue weighted by atomic mass is 35.5. The van der Waals surface area contributed by atoms with E-state index in [2.05, 4.69) is 5.32 Å². The third-order valence-electron chi connectivity index (χ3n) is 4.72. The van der Waals surface area contributed by atoms with Crippen molar-refractivity contribution in [2.75, 3.05) is 5.32 Å². The predicted octanol–water partition coefficient (Wildman–Crippen LogP) is 6.47. The third kappa shape index (κ3) is 4.91. The van der Waals surface area contributed by atoms with Gasteiger partial charge in [0.1, 0.15) is 17.5 Å². The van der Waals surface area contributed by atoms with E-state index in [4.69, 9.17) is 23.2 Å². The maximum Gasteiger partial charge on any atom is 0.262 e. The number of sulfone groups is 1. The first-order valence-corrected chi connectivity index (χ1v) is 12.4. The van der Waals surface area contributed by atoms with Crippen molar-refractivity contribution >= 4 is 62.5 Å². The maximum absolute atomic E-state index is 14.0. The van der Waals surface area contributed by atoms with Crippen LogP contribution in [0.5, 0.6) is 0 Å². The lowest BCUT2D eigenvalue weighted by molar-refractivity contribution is -0.112. The molecule has 4 nitrogen and oxygen atoms in total. The van der Waals surface area contributed by atoms with Gasteiger partial charge in [-0.05, 0) is 36.4 Å². The Morgan fingerprint density at radius 2 is 1.61 bits per heavy atom. The molecule has 1 amide bonds. The van der Waals surface area contributed by atoms with Crippen LogP contribution in [0.4, 0.5) is 18.9 Å². The number of carbonyl (C=O) groups excluding carboxylic acids is 1. The second kappa shape index (κ2) is 9.06. The van der Waals surface area contributed by atoms with Gasteiger partial charge in [0.2, 0.25) is 0 Å². The number of rotatable bonds is 4. The Balaban J connectivity index is 1.69. The Morgan fingerprint density at radius 3 is 2.24 bits per heavy atom. The summed E-state index contributed by atoms with van der Waals surface area (Å²) in [5, 5.41) is 2.96. The molecule has 11 heteroatoms. The van der Waals surface area contributed by atoms with Gasteiger partial charge in [-0.25, -0.2) is 21.6 Å². The van der Waals surface area contributed by atoms with E-state index in [9.17, 15) is 26.4 Å². The summed E-state index contributed by atoms with van der Waals surface area (Å²) < 4.78 is 67.2. The molecule has 33 heavy (non-hydrogen) atoms. The molecule has 170 valence electrons. The molecule has 0 aliphatic carbocycles. The second-order valence-electron chi connectivity index (χ2n) is 6.97. The lowest BCUT2D eigenvalue weighted by Gasteiger charge is -2.20. The van der Waals surface area contributed by atoms with Gasteiger partial charge in [0.05, 0.1) is 21.2 Å². The van der Waals surface area contributed by atoms with Gasteiger partial charge in [-0.2, -0.15) is 0 Å². The number of amides is 1. The van der Waals surface area contributed by atoms with Crippen LogP contribution in [0.15, 0.2) is 63.2 Å². The normalized spacial score (nSPS) is 14.8. The Kier molecular flexibility index (Phi) is 6.50. The topological polar surface area (TPSA) is 63.2 Å². The third-order valence-corrected chi connectivity index (χ3v) is 8.15. The van der Waals surface area contributed by atoms with E-state index >= 15 is 0 Å². The lowest BCUT2D eigenvalue weighted by Crippen LogP contribution is -2.18. The van der Waals surface area contributed by atoms with E-state index in [-0.39, 0.29) is 25.4 Å². The van der Waals surface area contributed by atoms with Crippen LogP contribution in [-0.2, 0) is 20.4 Å². The molecule has 4 rings (SSSR count). The van der Waals surface area contributed by atoms with Crippen LogP contribution in [0.25, 0.3) is 6.08 Å². The Hall–Kier alpha value is -2.46. The predicted molar refractivity (Wildman–Crippen MR) is 123 cm³/mol. The minimum atomic E-state index is -3.88. The van der Waals surface area contributed by atoms with E-state index in [1.807, 2.05) is 0 Å². The van der Waals surface area contributed by atoms with Crippen molar-refractivity contribution in [3.63, 3.8) is 0 Å². The van der Waals surface area contributed by atoms with Gasteiger partial charge in [0, 0.05) is 38.2 Å². The first kappa shape index (κ1) is 23.7. The molecule has 1 N–H and O–H groups in total. The molecule has 1 heterocycles. The minimum absolute atomic E-state index is 0.0561. The fourth-order valence-corrected chi connectivity index (χ4v) is 6.26. The van der Waals surface area contributed by atoms with E-state index in [1.165, 1.54) is 30.3 Å². The maximum atomic E-state index is 14.0. The number of fused-ring (bicyclic) bond motifs is 1. The van der Waals surface area contributed by atoms with E-state index in [0.29, 0.717) is 22.7 Å². The zero-order chi connectivity index (χ0) is 23.9. The number of anilines is 1. The van der Waals surface area contributed by atoms with Crippen molar-refractivity contribution < 1.29 is 26.4 Å². The molecule has 0 unspecified atom stereocenters. The number of halogens is 5. The van der Waals surface area contributed by atoms with Crippen molar-refractivity contribution in [2.24, 2.45) is 0 Å². The molecule has 0 saturated heterocycles. The lowest BCUT2D eigenvalue weighted by atomic mass is 10.1. The molecule has 3 aromatic carbocycles. The van der Waals surface area contributed by atoms with E-state index in [0.717, 1.165) is 17.8 Å².